The van der Waals surface area contributed by atoms with Gasteiger partial charge in [0.15, 0.2) is 0 Å². The Morgan fingerprint density at radius 3 is 2.58 bits per heavy atom. The molecule has 3 fully saturated rings. The standard InChI is InChI=1S/C10H16S2/c1-9-4-3-7(5-8(9)12-9)10(2)6-11-10/h7-8H,3-6H2,1-2H3. The highest BCUT2D eigenvalue weighted by Gasteiger charge is 2.59. The maximum absolute atomic E-state index is 2.47. The quantitative estimate of drug-likeness (QED) is 0.596. The summed E-state index contributed by atoms with van der Waals surface area (Å²) in [5.74, 6) is 2.49. The molecule has 0 N–H and O–H groups in total. The molecule has 0 aromatic heterocycles. The zero-order valence-corrected chi connectivity index (χ0v) is 9.43. The van der Waals surface area contributed by atoms with E-state index in [1.807, 2.05) is 0 Å². The van der Waals surface area contributed by atoms with E-state index in [1.54, 1.807) is 0 Å². The van der Waals surface area contributed by atoms with Gasteiger partial charge in [0.25, 0.3) is 0 Å². The molecule has 2 heterocycles. The van der Waals surface area contributed by atoms with E-state index in [4.69, 9.17) is 0 Å². The SMILES string of the molecule is CC1(C2CCC3(C)SC3C2)CS1. The Balaban J connectivity index is 1.70. The van der Waals surface area contributed by atoms with Crippen molar-refractivity contribution in [2.75, 3.05) is 5.75 Å². The predicted octanol–water partition coefficient (Wildman–Crippen LogP) is 3.17. The lowest BCUT2D eigenvalue weighted by molar-refractivity contribution is 0.323. The van der Waals surface area contributed by atoms with Crippen LogP contribution in [0, 0.1) is 5.92 Å². The molecule has 3 rings (SSSR count). The smallest absolute Gasteiger partial charge is 0.0254 e. The van der Waals surface area contributed by atoms with Crippen LogP contribution in [0.3, 0.4) is 0 Å². The van der Waals surface area contributed by atoms with Crippen LogP contribution in [0.25, 0.3) is 0 Å². The van der Waals surface area contributed by atoms with Gasteiger partial charge in [-0.15, -0.1) is 11.8 Å². The van der Waals surface area contributed by atoms with E-state index in [0.717, 1.165) is 15.9 Å². The van der Waals surface area contributed by atoms with Gasteiger partial charge in [-0.1, -0.05) is 0 Å². The maximum Gasteiger partial charge on any atom is 0.0254 e. The summed E-state index contributed by atoms with van der Waals surface area (Å²) >= 11 is 4.43. The lowest BCUT2D eigenvalue weighted by Crippen LogP contribution is -2.29. The van der Waals surface area contributed by atoms with Crippen molar-refractivity contribution in [1.29, 1.82) is 0 Å². The molecular formula is C10H16S2. The number of hydrogen-bond donors (Lipinski definition) is 0. The molecule has 3 aliphatic rings. The van der Waals surface area contributed by atoms with Crippen LogP contribution in [0.4, 0.5) is 0 Å². The van der Waals surface area contributed by atoms with Crippen molar-refractivity contribution in [3.05, 3.63) is 0 Å². The molecule has 2 aliphatic heterocycles. The second-order valence-corrected chi connectivity index (χ2v) is 8.24. The molecule has 1 aliphatic carbocycles. The van der Waals surface area contributed by atoms with Crippen LogP contribution in [0.1, 0.15) is 33.1 Å². The predicted molar refractivity (Wildman–Crippen MR) is 58.0 cm³/mol. The summed E-state index contributed by atoms with van der Waals surface area (Å²) in [6.07, 6.45) is 4.51. The monoisotopic (exact) mass is 200 g/mol. The molecule has 68 valence electrons. The summed E-state index contributed by atoms with van der Waals surface area (Å²) in [6.45, 7) is 4.93. The maximum atomic E-state index is 2.47. The third-order valence-corrected chi connectivity index (χ3v) is 7.29. The Labute approximate surface area is 83.3 Å². The van der Waals surface area contributed by atoms with E-state index >= 15 is 0 Å². The molecule has 0 aromatic carbocycles. The number of rotatable bonds is 1. The third-order valence-electron chi connectivity index (χ3n) is 3.99. The highest BCUT2D eigenvalue weighted by atomic mass is 32.2. The van der Waals surface area contributed by atoms with Crippen LogP contribution in [-0.2, 0) is 0 Å². The third kappa shape index (κ3) is 1.07. The fourth-order valence-corrected chi connectivity index (χ4v) is 4.82. The molecule has 4 atom stereocenters. The first-order valence-corrected chi connectivity index (χ1v) is 6.81. The molecule has 4 unspecified atom stereocenters. The van der Waals surface area contributed by atoms with Gasteiger partial charge in [-0.2, -0.15) is 11.8 Å². The van der Waals surface area contributed by atoms with Crippen LogP contribution in [-0.4, -0.2) is 20.5 Å². The van der Waals surface area contributed by atoms with E-state index in [1.165, 1.54) is 25.0 Å². The van der Waals surface area contributed by atoms with Gasteiger partial charge in [-0.05, 0) is 39.0 Å². The minimum absolute atomic E-state index is 0.713. The van der Waals surface area contributed by atoms with Gasteiger partial charge in [0.1, 0.15) is 0 Å². The summed E-state index contributed by atoms with van der Waals surface area (Å²) in [5.41, 5.74) is 0. The minimum atomic E-state index is 0.713. The zero-order valence-electron chi connectivity index (χ0n) is 7.80. The highest BCUT2D eigenvalue weighted by molar-refractivity contribution is 8.08. The minimum Gasteiger partial charge on any atom is -0.153 e. The number of hydrogen-bond acceptors (Lipinski definition) is 2. The molecule has 0 radical (unpaired) electrons. The van der Waals surface area contributed by atoms with E-state index in [-0.39, 0.29) is 0 Å². The van der Waals surface area contributed by atoms with Gasteiger partial charge in [-0.25, -0.2) is 0 Å². The summed E-state index contributed by atoms with van der Waals surface area (Å²) in [5, 5.41) is 1.04. The van der Waals surface area contributed by atoms with Crippen molar-refractivity contribution in [3.8, 4) is 0 Å². The van der Waals surface area contributed by atoms with E-state index < -0.39 is 0 Å². The second kappa shape index (κ2) is 2.20. The van der Waals surface area contributed by atoms with Crippen LogP contribution in [0.15, 0.2) is 0 Å². The second-order valence-electron chi connectivity index (χ2n) is 4.99. The molecule has 1 saturated carbocycles. The summed E-state index contributed by atoms with van der Waals surface area (Å²) in [4.78, 5) is 0. The molecule has 0 spiro atoms. The molecule has 0 bridgehead atoms. The van der Waals surface area contributed by atoms with Crippen LogP contribution in [0.5, 0.6) is 0 Å². The molecule has 2 heteroatoms. The van der Waals surface area contributed by atoms with Crippen LogP contribution < -0.4 is 0 Å². The van der Waals surface area contributed by atoms with E-state index in [0.29, 0.717) is 4.75 Å². The van der Waals surface area contributed by atoms with E-state index in [9.17, 15) is 0 Å². The van der Waals surface area contributed by atoms with Crippen molar-refractivity contribution in [3.63, 3.8) is 0 Å². The van der Waals surface area contributed by atoms with Gasteiger partial charge in [-0.3, -0.25) is 0 Å². The fraction of sp³-hybridized carbons (Fsp3) is 1.00. The first-order valence-electron chi connectivity index (χ1n) is 4.94. The van der Waals surface area contributed by atoms with Crippen LogP contribution >= 0.6 is 23.5 Å². The van der Waals surface area contributed by atoms with Gasteiger partial charge >= 0.3 is 0 Å². The van der Waals surface area contributed by atoms with Crippen LogP contribution in [0.2, 0.25) is 0 Å². The summed E-state index contributed by atoms with van der Waals surface area (Å²) in [6, 6.07) is 0. The van der Waals surface area contributed by atoms with Crippen molar-refractivity contribution < 1.29 is 0 Å². The normalized spacial score (nSPS) is 62.5. The van der Waals surface area contributed by atoms with Crippen molar-refractivity contribution in [2.24, 2.45) is 5.92 Å². The number of thioether (sulfide) groups is 2. The molecule has 0 amide bonds. The Morgan fingerprint density at radius 1 is 1.25 bits per heavy atom. The zero-order chi connectivity index (χ0) is 8.40. The average molecular weight is 200 g/mol. The molecule has 0 nitrogen and oxygen atoms in total. The first-order chi connectivity index (χ1) is 5.62. The van der Waals surface area contributed by atoms with Crippen molar-refractivity contribution >= 4 is 23.5 Å². The van der Waals surface area contributed by atoms with Gasteiger partial charge in [0, 0.05) is 20.5 Å². The molecule has 12 heavy (non-hydrogen) atoms. The lowest BCUT2D eigenvalue weighted by atomic mass is 9.77. The van der Waals surface area contributed by atoms with Gasteiger partial charge in [0.05, 0.1) is 0 Å². The Morgan fingerprint density at radius 2 is 2.00 bits per heavy atom. The Kier molecular flexibility index (Phi) is 1.47. The average Bonchev–Trinajstić information content (AvgIpc) is 2.86. The van der Waals surface area contributed by atoms with Crippen molar-refractivity contribution in [2.45, 2.75) is 47.9 Å². The lowest BCUT2D eigenvalue weighted by Gasteiger charge is -2.28. The van der Waals surface area contributed by atoms with Gasteiger partial charge < -0.3 is 0 Å². The topological polar surface area (TPSA) is 0 Å². The Bertz CT molecular complexity index is 222. The number of fused-ring (bicyclic) bond motifs is 1. The van der Waals surface area contributed by atoms with Crippen molar-refractivity contribution in [1.82, 2.24) is 0 Å². The molecule has 0 aromatic rings. The summed E-state index contributed by atoms with van der Waals surface area (Å²) in [7, 11) is 0. The summed E-state index contributed by atoms with van der Waals surface area (Å²) < 4.78 is 1.44. The van der Waals surface area contributed by atoms with E-state index in [2.05, 4.69) is 37.4 Å². The first kappa shape index (κ1) is 8.05. The highest BCUT2D eigenvalue weighted by Crippen LogP contribution is 2.66. The molecule has 2 saturated heterocycles. The Hall–Kier alpha value is 0.700. The molecular weight excluding hydrogens is 184 g/mol. The van der Waals surface area contributed by atoms with Gasteiger partial charge in [0.2, 0.25) is 0 Å². The largest absolute Gasteiger partial charge is 0.153 e. The fourth-order valence-electron chi connectivity index (χ4n) is 2.55.